The maximum atomic E-state index is 2.44. The van der Waals surface area contributed by atoms with E-state index in [4.69, 9.17) is 0 Å². The quantitative estimate of drug-likeness (QED) is 0.241. The van der Waals surface area contributed by atoms with Gasteiger partial charge in [0.1, 0.15) is 0 Å². The predicted octanol–water partition coefficient (Wildman–Crippen LogP) is 8.73. The highest BCUT2D eigenvalue weighted by atomic mass is 15.1. The van der Waals surface area contributed by atoms with Gasteiger partial charge in [-0.2, -0.15) is 0 Å². The van der Waals surface area contributed by atoms with E-state index in [0.29, 0.717) is 0 Å². The summed E-state index contributed by atoms with van der Waals surface area (Å²) >= 11 is 0. The second kappa shape index (κ2) is 8.56. The van der Waals surface area contributed by atoms with E-state index in [1.165, 1.54) is 60.7 Å². The number of para-hydroxylation sites is 4. The largest absolute Gasteiger partial charge is 0.372 e. The predicted molar refractivity (Wildman–Crippen MR) is 159 cm³/mol. The molecule has 0 aliphatic carbocycles. The number of hydrogen-bond acceptors (Lipinski definition) is 1. The maximum absolute atomic E-state index is 2.44. The van der Waals surface area contributed by atoms with Crippen molar-refractivity contribution in [3.05, 3.63) is 115 Å². The summed E-state index contributed by atoms with van der Waals surface area (Å²) in [5.41, 5.74) is 8.52. The Labute approximate surface area is 216 Å². The molecule has 0 aliphatic rings. The zero-order valence-electron chi connectivity index (χ0n) is 21.2. The van der Waals surface area contributed by atoms with Crippen LogP contribution in [0.25, 0.3) is 55.0 Å². The first-order valence-electron chi connectivity index (χ1n) is 13.2. The van der Waals surface area contributed by atoms with Gasteiger partial charge in [-0.05, 0) is 56.3 Å². The fourth-order valence-electron chi connectivity index (χ4n) is 6.01. The van der Waals surface area contributed by atoms with Gasteiger partial charge < -0.3 is 14.0 Å². The molecule has 0 unspecified atom stereocenters. The first kappa shape index (κ1) is 21.8. The molecule has 2 aromatic heterocycles. The van der Waals surface area contributed by atoms with Crippen molar-refractivity contribution in [2.45, 2.75) is 13.8 Å². The Morgan fingerprint density at radius 1 is 0.459 bits per heavy atom. The number of rotatable bonds is 5. The first-order valence-corrected chi connectivity index (χ1v) is 13.2. The standard InChI is InChI=1S/C34H29N3/c1-3-35(4-2)24-21-25(36-31-17-9-5-13-27(31)28-14-6-10-18-32(28)36)23-26(22-24)37-33-19-11-7-15-29(33)30-16-8-12-20-34(30)37/h5-23H,3-4H2,1-2H3. The van der Waals surface area contributed by atoms with Gasteiger partial charge >= 0.3 is 0 Å². The Morgan fingerprint density at radius 2 is 0.784 bits per heavy atom. The second-order valence-corrected chi connectivity index (χ2v) is 9.62. The van der Waals surface area contributed by atoms with Gasteiger partial charge in [0.2, 0.25) is 0 Å². The Balaban J connectivity index is 1.60. The van der Waals surface area contributed by atoms with Crippen molar-refractivity contribution in [3.63, 3.8) is 0 Å². The van der Waals surface area contributed by atoms with Crippen LogP contribution in [-0.4, -0.2) is 22.2 Å². The molecule has 0 fully saturated rings. The molecule has 0 amide bonds. The van der Waals surface area contributed by atoms with Gasteiger partial charge in [0.15, 0.2) is 0 Å². The minimum Gasteiger partial charge on any atom is -0.372 e. The molecule has 0 bridgehead atoms. The lowest BCUT2D eigenvalue weighted by molar-refractivity contribution is 0.864. The number of fused-ring (bicyclic) bond motifs is 6. The van der Waals surface area contributed by atoms with Crippen LogP contribution in [0.15, 0.2) is 115 Å². The Bertz CT molecular complexity index is 1680. The molecule has 7 aromatic rings. The fraction of sp³-hybridized carbons (Fsp3) is 0.118. The molecule has 0 saturated carbocycles. The molecule has 0 radical (unpaired) electrons. The van der Waals surface area contributed by atoms with Crippen molar-refractivity contribution in [2.24, 2.45) is 0 Å². The molecule has 7 rings (SSSR count). The SMILES string of the molecule is CCN(CC)c1cc(-n2c3ccccc3c3ccccc32)cc(-n2c3ccccc3c3ccccc32)c1. The van der Waals surface area contributed by atoms with Gasteiger partial charge in [0, 0.05) is 40.3 Å². The molecule has 37 heavy (non-hydrogen) atoms. The summed E-state index contributed by atoms with van der Waals surface area (Å²) in [5.74, 6) is 0. The van der Waals surface area contributed by atoms with E-state index in [1.807, 2.05) is 0 Å². The van der Waals surface area contributed by atoms with Crippen LogP contribution in [0.4, 0.5) is 5.69 Å². The molecule has 0 saturated heterocycles. The van der Waals surface area contributed by atoms with Crippen molar-refractivity contribution in [1.29, 1.82) is 0 Å². The van der Waals surface area contributed by atoms with Gasteiger partial charge in [-0.1, -0.05) is 72.8 Å². The third kappa shape index (κ3) is 3.27. The number of anilines is 1. The zero-order valence-corrected chi connectivity index (χ0v) is 21.2. The monoisotopic (exact) mass is 479 g/mol. The average Bonchev–Trinajstić information content (AvgIpc) is 3.47. The van der Waals surface area contributed by atoms with Crippen LogP contribution in [0.5, 0.6) is 0 Å². The summed E-state index contributed by atoms with van der Waals surface area (Å²) in [6.07, 6.45) is 0. The summed E-state index contributed by atoms with van der Waals surface area (Å²) in [6, 6.07) is 42.0. The lowest BCUT2D eigenvalue weighted by Gasteiger charge is -2.24. The number of nitrogens with zero attached hydrogens (tertiary/aromatic N) is 3. The van der Waals surface area contributed by atoms with Crippen LogP contribution in [0, 0.1) is 0 Å². The van der Waals surface area contributed by atoms with Crippen molar-refractivity contribution in [3.8, 4) is 11.4 Å². The first-order chi connectivity index (χ1) is 18.3. The number of benzene rings is 5. The number of aromatic nitrogens is 2. The lowest BCUT2D eigenvalue weighted by Crippen LogP contribution is -2.22. The van der Waals surface area contributed by atoms with E-state index in [9.17, 15) is 0 Å². The third-order valence-corrected chi connectivity index (χ3v) is 7.69. The highest BCUT2D eigenvalue weighted by Crippen LogP contribution is 2.37. The highest BCUT2D eigenvalue weighted by Gasteiger charge is 2.17. The molecule has 0 atom stereocenters. The lowest BCUT2D eigenvalue weighted by atomic mass is 10.2. The Hall–Kier alpha value is -4.50. The number of hydrogen-bond donors (Lipinski definition) is 0. The summed E-state index contributed by atoms with van der Waals surface area (Å²) in [7, 11) is 0. The maximum Gasteiger partial charge on any atom is 0.0541 e. The molecule has 0 spiro atoms. The zero-order chi connectivity index (χ0) is 24.9. The van der Waals surface area contributed by atoms with Gasteiger partial charge in [0.05, 0.1) is 33.4 Å². The van der Waals surface area contributed by atoms with E-state index >= 15 is 0 Å². The van der Waals surface area contributed by atoms with Crippen molar-refractivity contribution in [2.75, 3.05) is 18.0 Å². The van der Waals surface area contributed by atoms with Crippen LogP contribution in [-0.2, 0) is 0 Å². The topological polar surface area (TPSA) is 13.1 Å². The van der Waals surface area contributed by atoms with E-state index in [0.717, 1.165) is 13.1 Å². The van der Waals surface area contributed by atoms with Crippen LogP contribution in [0.3, 0.4) is 0 Å². The molecule has 0 aliphatic heterocycles. The average molecular weight is 480 g/mol. The molecule has 0 N–H and O–H groups in total. The smallest absolute Gasteiger partial charge is 0.0541 e. The summed E-state index contributed by atoms with van der Waals surface area (Å²) in [5, 5.41) is 5.13. The van der Waals surface area contributed by atoms with Gasteiger partial charge in [-0.3, -0.25) is 0 Å². The molecular formula is C34H29N3. The summed E-state index contributed by atoms with van der Waals surface area (Å²) < 4.78 is 4.85. The van der Waals surface area contributed by atoms with E-state index in [-0.39, 0.29) is 0 Å². The van der Waals surface area contributed by atoms with Crippen LogP contribution in [0.1, 0.15) is 13.8 Å². The van der Waals surface area contributed by atoms with Crippen LogP contribution < -0.4 is 4.90 Å². The fourth-order valence-corrected chi connectivity index (χ4v) is 6.01. The third-order valence-electron chi connectivity index (χ3n) is 7.69. The summed E-state index contributed by atoms with van der Waals surface area (Å²) in [4.78, 5) is 2.44. The van der Waals surface area contributed by atoms with E-state index < -0.39 is 0 Å². The Morgan fingerprint density at radius 3 is 1.11 bits per heavy atom. The van der Waals surface area contributed by atoms with E-state index in [1.54, 1.807) is 0 Å². The van der Waals surface area contributed by atoms with Gasteiger partial charge in [-0.15, -0.1) is 0 Å². The normalized spacial score (nSPS) is 11.7. The molecular weight excluding hydrogens is 450 g/mol. The van der Waals surface area contributed by atoms with Crippen LogP contribution in [0.2, 0.25) is 0 Å². The Kier molecular flexibility index (Phi) is 5.03. The summed E-state index contributed by atoms with van der Waals surface area (Å²) in [6.45, 7) is 6.38. The minimum absolute atomic E-state index is 0.958. The van der Waals surface area contributed by atoms with Crippen molar-refractivity contribution >= 4 is 49.3 Å². The highest BCUT2D eigenvalue weighted by molar-refractivity contribution is 6.10. The molecule has 2 heterocycles. The van der Waals surface area contributed by atoms with Crippen molar-refractivity contribution in [1.82, 2.24) is 9.13 Å². The molecule has 3 heteroatoms. The van der Waals surface area contributed by atoms with Crippen LogP contribution >= 0.6 is 0 Å². The second-order valence-electron chi connectivity index (χ2n) is 9.62. The van der Waals surface area contributed by atoms with E-state index in [2.05, 4.69) is 143 Å². The minimum atomic E-state index is 0.958. The van der Waals surface area contributed by atoms with Crippen molar-refractivity contribution < 1.29 is 0 Å². The van der Waals surface area contributed by atoms with Gasteiger partial charge in [0.25, 0.3) is 0 Å². The van der Waals surface area contributed by atoms with Gasteiger partial charge in [-0.25, -0.2) is 0 Å². The molecule has 3 nitrogen and oxygen atoms in total. The molecule has 5 aromatic carbocycles. The molecule has 180 valence electrons.